The van der Waals surface area contributed by atoms with Gasteiger partial charge in [-0.25, -0.2) is 0 Å². The first kappa shape index (κ1) is 13.5. The minimum atomic E-state index is 0.221. The third kappa shape index (κ3) is 3.51. The Labute approximate surface area is 116 Å². The van der Waals surface area contributed by atoms with Crippen LogP contribution in [0, 0.1) is 0 Å². The van der Waals surface area contributed by atoms with E-state index >= 15 is 0 Å². The SMILES string of the molecule is CCc1ccc(C(=O)CN(C)Cc2cccs2)s1. The third-order valence-electron chi connectivity index (χ3n) is 2.70. The molecule has 0 saturated heterocycles. The molecule has 2 nitrogen and oxygen atoms in total. The van der Waals surface area contributed by atoms with E-state index in [1.54, 1.807) is 22.7 Å². The van der Waals surface area contributed by atoms with Crippen LogP contribution in [0.25, 0.3) is 0 Å². The molecule has 0 radical (unpaired) electrons. The molecule has 0 atom stereocenters. The van der Waals surface area contributed by atoms with Gasteiger partial charge in [-0.2, -0.15) is 0 Å². The second kappa shape index (κ2) is 6.27. The van der Waals surface area contributed by atoms with Gasteiger partial charge >= 0.3 is 0 Å². The summed E-state index contributed by atoms with van der Waals surface area (Å²) in [5.41, 5.74) is 0. The highest BCUT2D eigenvalue weighted by molar-refractivity contribution is 7.14. The summed E-state index contributed by atoms with van der Waals surface area (Å²) in [6.45, 7) is 3.44. The maximum atomic E-state index is 12.1. The molecule has 0 aliphatic rings. The maximum absolute atomic E-state index is 12.1. The van der Waals surface area contributed by atoms with Crippen LogP contribution in [0.3, 0.4) is 0 Å². The van der Waals surface area contributed by atoms with Crippen LogP contribution in [-0.2, 0) is 13.0 Å². The molecule has 0 fully saturated rings. The number of carbonyl (C=O) groups excluding carboxylic acids is 1. The van der Waals surface area contributed by atoms with E-state index in [1.165, 1.54) is 9.75 Å². The van der Waals surface area contributed by atoms with Crippen LogP contribution >= 0.6 is 22.7 Å². The Morgan fingerprint density at radius 1 is 1.28 bits per heavy atom. The topological polar surface area (TPSA) is 20.3 Å². The number of ketones is 1. The van der Waals surface area contributed by atoms with E-state index in [-0.39, 0.29) is 5.78 Å². The molecule has 4 heteroatoms. The fourth-order valence-corrected chi connectivity index (χ4v) is 3.43. The average Bonchev–Trinajstić information content (AvgIpc) is 2.98. The minimum Gasteiger partial charge on any atom is -0.294 e. The van der Waals surface area contributed by atoms with Gasteiger partial charge in [0.2, 0.25) is 0 Å². The minimum absolute atomic E-state index is 0.221. The molecule has 18 heavy (non-hydrogen) atoms. The number of hydrogen-bond acceptors (Lipinski definition) is 4. The lowest BCUT2D eigenvalue weighted by Gasteiger charge is -2.13. The zero-order valence-corrected chi connectivity index (χ0v) is 12.3. The molecule has 0 saturated carbocycles. The van der Waals surface area contributed by atoms with Crippen molar-refractivity contribution in [2.75, 3.05) is 13.6 Å². The molecule has 0 unspecified atom stereocenters. The van der Waals surface area contributed by atoms with Gasteiger partial charge in [0.25, 0.3) is 0 Å². The zero-order chi connectivity index (χ0) is 13.0. The van der Waals surface area contributed by atoms with E-state index in [1.807, 2.05) is 19.2 Å². The first-order valence-electron chi connectivity index (χ1n) is 6.02. The number of hydrogen-bond donors (Lipinski definition) is 0. The molecule has 96 valence electrons. The van der Waals surface area contributed by atoms with Gasteiger partial charge in [-0.15, -0.1) is 22.7 Å². The number of Topliss-reactive ketones (excluding diaryl/α,β-unsaturated/α-hetero) is 1. The largest absolute Gasteiger partial charge is 0.294 e. The first-order valence-corrected chi connectivity index (χ1v) is 7.71. The van der Waals surface area contributed by atoms with Gasteiger partial charge in [0.1, 0.15) is 0 Å². The lowest BCUT2D eigenvalue weighted by molar-refractivity contribution is 0.0947. The van der Waals surface area contributed by atoms with Crippen molar-refractivity contribution in [1.82, 2.24) is 4.90 Å². The zero-order valence-electron chi connectivity index (χ0n) is 10.7. The number of thiophene rings is 2. The van der Waals surface area contributed by atoms with E-state index in [2.05, 4.69) is 29.3 Å². The van der Waals surface area contributed by atoms with Crippen molar-refractivity contribution in [1.29, 1.82) is 0 Å². The summed E-state index contributed by atoms with van der Waals surface area (Å²) in [5.74, 6) is 0.221. The van der Waals surface area contributed by atoms with Crippen molar-refractivity contribution in [3.05, 3.63) is 44.3 Å². The number of rotatable bonds is 6. The van der Waals surface area contributed by atoms with Gasteiger partial charge in [-0.3, -0.25) is 9.69 Å². The summed E-state index contributed by atoms with van der Waals surface area (Å²) in [6, 6.07) is 8.15. The molecule has 0 aliphatic heterocycles. The molecule has 0 bridgehead atoms. The molecule has 0 amide bonds. The van der Waals surface area contributed by atoms with Crippen molar-refractivity contribution >= 4 is 28.5 Å². The molecule has 0 spiro atoms. The molecule has 0 N–H and O–H groups in total. The fraction of sp³-hybridized carbons (Fsp3) is 0.357. The highest BCUT2D eigenvalue weighted by atomic mass is 32.1. The molecule has 2 aromatic heterocycles. The highest BCUT2D eigenvalue weighted by Gasteiger charge is 2.12. The quantitative estimate of drug-likeness (QED) is 0.752. The summed E-state index contributed by atoms with van der Waals surface area (Å²) in [4.78, 5) is 17.6. The predicted octanol–water partition coefficient (Wildman–Crippen LogP) is 3.69. The number of nitrogens with zero attached hydrogens (tertiary/aromatic N) is 1. The van der Waals surface area contributed by atoms with Crippen LogP contribution in [0.4, 0.5) is 0 Å². The van der Waals surface area contributed by atoms with Crippen molar-refractivity contribution in [2.45, 2.75) is 19.9 Å². The first-order chi connectivity index (χ1) is 8.69. The molecule has 0 aliphatic carbocycles. The Morgan fingerprint density at radius 3 is 2.72 bits per heavy atom. The van der Waals surface area contributed by atoms with Crippen LogP contribution in [0.2, 0.25) is 0 Å². The fourth-order valence-electron chi connectivity index (χ4n) is 1.77. The van der Waals surface area contributed by atoms with Gasteiger partial charge in [-0.1, -0.05) is 13.0 Å². The van der Waals surface area contributed by atoms with Gasteiger partial charge in [-0.05, 0) is 37.0 Å². The van der Waals surface area contributed by atoms with Gasteiger partial charge in [0.15, 0.2) is 5.78 Å². The summed E-state index contributed by atoms with van der Waals surface area (Å²) < 4.78 is 0. The Bertz CT molecular complexity index is 502. The lowest BCUT2D eigenvalue weighted by atomic mass is 10.3. The molecule has 2 heterocycles. The van der Waals surface area contributed by atoms with Crippen LogP contribution in [0.5, 0.6) is 0 Å². The van der Waals surface area contributed by atoms with Crippen LogP contribution < -0.4 is 0 Å². The molecular weight excluding hydrogens is 262 g/mol. The van der Waals surface area contributed by atoms with Crippen LogP contribution in [-0.4, -0.2) is 24.3 Å². The average molecular weight is 279 g/mol. The summed E-state index contributed by atoms with van der Waals surface area (Å²) in [7, 11) is 1.99. The van der Waals surface area contributed by atoms with E-state index in [4.69, 9.17) is 0 Å². The van der Waals surface area contributed by atoms with E-state index in [9.17, 15) is 4.79 Å². The second-order valence-corrected chi connectivity index (χ2v) is 6.49. The molecular formula is C14H17NOS2. The second-order valence-electron chi connectivity index (χ2n) is 4.29. The molecule has 0 aromatic carbocycles. The van der Waals surface area contributed by atoms with Crippen molar-refractivity contribution in [3.8, 4) is 0 Å². The Hall–Kier alpha value is -0.970. The van der Waals surface area contributed by atoms with Crippen LogP contribution in [0.1, 0.15) is 26.3 Å². The van der Waals surface area contributed by atoms with E-state index < -0.39 is 0 Å². The number of aryl methyl sites for hydroxylation is 1. The van der Waals surface area contributed by atoms with E-state index in [0.717, 1.165) is 17.8 Å². The van der Waals surface area contributed by atoms with Crippen molar-refractivity contribution in [2.24, 2.45) is 0 Å². The highest BCUT2D eigenvalue weighted by Crippen LogP contribution is 2.18. The smallest absolute Gasteiger partial charge is 0.186 e. The Morgan fingerprint density at radius 2 is 2.11 bits per heavy atom. The van der Waals surface area contributed by atoms with Crippen molar-refractivity contribution in [3.63, 3.8) is 0 Å². The van der Waals surface area contributed by atoms with Gasteiger partial charge in [0, 0.05) is 16.3 Å². The number of carbonyl (C=O) groups is 1. The van der Waals surface area contributed by atoms with Crippen molar-refractivity contribution < 1.29 is 4.79 Å². The normalized spacial score (nSPS) is 11.1. The standard InChI is InChI=1S/C14H17NOS2/c1-3-11-6-7-14(18-11)13(16)10-15(2)9-12-5-4-8-17-12/h4-8H,3,9-10H2,1-2H3. The van der Waals surface area contributed by atoms with Gasteiger partial charge < -0.3 is 0 Å². The van der Waals surface area contributed by atoms with Crippen LogP contribution in [0.15, 0.2) is 29.6 Å². The molecule has 2 rings (SSSR count). The summed E-state index contributed by atoms with van der Waals surface area (Å²) >= 11 is 3.35. The lowest BCUT2D eigenvalue weighted by Crippen LogP contribution is -2.24. The Balaban J connectivity index is 1.90. The Kier molecular flexibility index (Phi) is 4.69. The number of likely N-dealkylation sites (N-methyl/N-ethyl adjacent to an activating group) is 1. The van der Waals surface area contributed by atoms with E-state index in [0.29, 0.717) is 6.54 Å². The maximum Gasteiger partial charge on any atom is 0.186 e. The molecule has 2 aromatic rings. The predicted molar refractivity (Wildman–Crippen MR) is 78.7 cm³/mol. The monoisotopic (exact) mass is 279 g/mol. The summed E-state index contributed by atoms with van der Waals surface area (Å²) in [6.07, 6.45) is 1.00. The summed E-state index contributed by atoms with van der Waals surface area (Å²) in [5, 5.41) is 2.07. The van der Waals surface area contributed by atoms with Gasteiger partial charge in [0.05, 0.1) is 11.4 Å². The third-order valence-corrected chi connectivity index (χ3v) is 4.84.